The summed E-state index contributed by atoms with van der Waals surface area (Å²) in [4.78, 5) is 6.40. The molecule has 7 nitrogen and oxygen atoms in total. The first-order chi connectivity index (χ1) is 12.6. The molecule has 0 fully saturated rings. The molecule has 0 bridgehead atoms. The van der Waals surface area contributed by atoms with Gasteiger partial charge in [-0.2, -0.15) is 4.98 Å². The zero-order valence-electron chi connectivity index (χ0n) is 15.2. The maximum atomic E-state index is 5.84. The third kappa shape index (κ3) is 4.05. The minimum atomic E-state index is 0.259. The van der Waals surface area contributed by atoms with Crippen LogP contribution in [-0.2, 0) is 13.1 Å². The van der Waals surface area contributed by atoms with Gasteiger partial charge in [0.2, 0.25) is 11.9 Å². The molecule has 2 N–H and O–H groups in total. The number of aromatic nitrogens is 3. The summed E-state index contributed by atoms with van der Waals surface area (Å²) in [6.07, 6.45) is 0. The number of nitrogen functional groups attached to an aromatic ring is 1. The highest BCUT2D eigenvalue weighted by Gasteiger charge is 2.13. The van der Waals surface area contributed by atoms with Crippen molar-refractivity contribution in [1.82, 2.24) is 14.8 Å². The maximum Gasteiger partial charge on any atom is 0.241 e. The molecule has 7 heteroatoms. The van der Waals surface area contributed by atoms with Gasteiger partial charge in [-0.25, -0.2) is 4.68 Å². The van der Waals surface area contributed by atoms with Gasteiger partial charge in [0, 0.05) is 13.6 Å². The van der Waals surface area contributed by atoms with E-state index < -0.39 is 0 Å². The summed E-state index contributed by atoms with van der Waals surface area (Å²) in [5.41, 5.74) is 8.08. The van der Waals surface area contributed by atoms with Crippen molar-refractivity contribution in [1.29, 1.82) is 0 Å². The van der Waals surface area contributed by atoms with Crippen molar-refractivity contribution in [3.8, 4) is 11.5 Å². The number of hydrogen-bond acceptors (Lipinski definition) is 6. The summed E-state index contributed by atoms with van der Waals surface area (Å²) in [5.74, 6) is 2.64. The molecule has 0 saturated carbocycles. The fourth-order valence-electron chi connectivity index (χ4n) is 2.72. The second kappa shape index (κ2) is 7.77. The van der Waals surface area contributed by atoms with Crippen LogP contribution in [0.5, 0.6) is 11.5 Å². The molecule has 1 heterocycles. The summed E-state index contributed by atoms with van der Waals surface area (Å²) < 4.78 is 12.2. The standard InChI is InChI=1S/C19H23N5O2/c1-23(12-14-4-8-16(25-2)9-5-14)19-21-18(20)22-24(19)13-15-6-10-17(26-3)11-7-15/h4-11H,12-13H2,1-3H3,(H2,20,22). The number of ether oxygens (including phenoxy) is 2. The quantitative estimate of drug-likeness (QED) is 0.703. The van der Waals surface area contributed by atoms with E-state index in [2.05, 4.69) is 10.1 Å². The number of methoxy groups -OCH3 is 2. The van der Waals surface area contributed by atoms with Crippen LogP contribution in [0.3, 0.4) is 0 Å². The molecule has 0 spiro atoms. The van der Waals surface area contributed by atoms with Crippen LogP contribution in [0.2, 0.25) is 0 Å². The molecule has 136 valence electrons. The summed E-state index contributed by atoms with van der Waals surface area (Å²) in [6.45, 7) is 1.27. The lowest BCUT2D eigenvalue weighted by Crippen LogP contribution is -2.21. The van der Waals surface area contributed by atoms with Crippen LogP contribution in [-0.4, -0.2) is 36.0 Å². The van der Waals surface area contributed by atoms with E-state index in [4.69, 9.17) is 15.2 Å². The van der Waals surface area contributed by atoms with E-state index >= 15 is 0 Å². The first-order valence-electron chi connectivity index (χ1n) is 8.26. The number of nitrogens with zero attached hydrogens (tertiary/aromatic N) is 4. The highest BCUT2D eigenvalue weighted by molar-refractivity contribution is 5.38. The van der Waals surface area contributed by atoms with Gasteiger partial charge in [0.25, 0.3) is 0 Å². The fraction of sp³-hybridized carbons (Fsp3) is 0.263. The Hall–Kier alpha value is -3.22. The lowest BCUT2D eigenvalue weighted by molar-refractivity contribution is 0.414. The van der Waals surface area contributed by atoms with E-state index in [9.17, 15) is 0 Å². The summed E-state index contributed by atoms with van der Waals surface area (Å²) in [7, 11) is 5.28. The molecule has 0 amide bonds. The van der Waals surface area contributed by atoms with Crippen LogP contribution in [0.4, 0.5) is 11.9 Å². The zero-order valence-corrected chi connectivity index (χ0v) is 15.2. The Morgan fingerprint density at radius 1 is 0.923 bits per heavy atom. The van der Waals surface area contributed by atoms with E-state index in [0.717, 1.165) is 22.6 Å². The third-order valence-corrected chi connectivity index (χ3v) is 4.08. The molecular formula is C19H23N5O2. The van der Waals surface area contributed by atoms with E-state index in [1.54, 1.807) is 18.9 Å². The maximum absolute atomic E-state index is 5.84. The summed E-state index contributed by atoms with van der Waals surface area (Å²) >= 11 is 0. The Labute approximate surface area is 153 Å². The summed E-state index contributed by atoms with van der Waals surface area (Å²) in [5, 5.41) is 4.33. The lowest BCUT2D eigenvalue weighted by atomic mass is 10.2. The first kappa shape index (κ1) is 17.6. The van der Waals surface area contributed by atoms with E-state index in [1.165, 1.54) is 0 Å². The van der Waals surface area contributed by atoms with Crippen molar-refractivity contribution in [2.45, 2.75) is 13.1 Å². The molecule has 0 saturated heterocycles. The molecule has 0 radical (unpaired) electrons. The number of nitrogens with two attached hydrogens (primary N) is 1. The van der Waals surface area contributed by atoms with Crippen molar-refractivity contribution in [3.05, 3.63) is 59.7 Å². The molecule has 2 aromatic carbocycles. The van der Waals surface area contributed by atoms with Crippen molar-refractivity contribution in [3.63, 3.8) is 0 Å². The van der Waals surface area contributed by atoms with Crippen molar-refractivity contribution in [2.24, 2.45) is 0 Å². The molecule has 0 unspecified atom stereocenters. The fourth-order valence-corrected chi connectivity index (χ4v) is 2.72. The number of benzene rings is 2. The molecule has 3 rings (SSSR count). The predicted octanol–water partition coefficient (Wildman–Crippen LogP) is 2.56. The Kier molecular flexibility index (Phi) is 5.26. The lowest BCUT2D eigenvalue weighted by Gasteiger charge is -2.19. The molecule has 0 aliphatic heterocycles. The van der Waals surface area contributed by atoms with Gasteiger partial charge in [0.1, 0.15) is 11.5 Å². The second-order valence-electron chi connectivity index (χ2n) is 5.98. The molecule has 26 heavy (non-hydrogen) atoms. The van der Waals surface area contributed by atoms with Gasteiger partial charge < -0.3 is 20.1 Å². The minimum Gasteiger partial charge on any atom is -0.497 e. The smallest absolute Gasteiger partial charge is 0.241 e. The SMILES string of the molecule is COc1ccc(CN(C)c2nc(N)nn2Cc2ccc(OC)cc2)cc1. The monoisotopic (exact) mass is 353 g/mol. The zero-order chi connectivity index (χ0) is 18.5. The second-order valence-corrected chi connectivity index (χ2v) is 5.98. The van der Waals surface area contributed by atoms with Crippen LogP contribution >= 0.6 is 0 Å². The van der Waals surface area contributed by atoms with E-state index in [1.807, 2.05) is 60.5 Å². The van der Waals surface area contributed by atoms with Crippen molar-refractivity contribution >= 4 is 11.9 Å². The van der Waals surface area contributed by atoms with Crippen molar-refractivity contribution < 1.29 is 9.47 Å². The Morgan fingerprint density at radius 3 is 2.00 bits per heavy atom. The van der Waals surface area contributed by atoms with Gasteiger partial charge in [-0.05, 0) is 35.4 Å². The molecule has 0 atom stereocenters. The van der Waals surface area contributed by atoms with Gasteiger partial charge in [0.05, 0.1) is 20.8 Å². The van der Waals surface area contributed by atoms with Gasteiger partial charge >= 0.3 is 0 Å². The Balaban J connectivity index is 1.76. The molecule has 0 aliphatic rings. The average molecular weight is 353 g/mol. The molecule has 0 aliphatic carbocycles. The van der Waals surface area contributed by atoms with Gasteiger partial charge in [-0.15, -0.1) is 5.10 Å². The van der Waals surface area contributed by atoms with Gasteiger partial charge in [0.15, 0.2) is 0 Å². The normalized spacial score (nSPS) is 10.6. The third-order valence-electron chi connectivity index (χ3n) is 4.08. The Bertz CT molecular complexity index is 843. The largest absolute Gasteiger partial charge is 0.497 e. The van der Waals surface area contributed by atoms with E-state index in [0.29, 0.717) is 19.0 Å². The number of hydrogen-bond donors (Lipinski definition) is 1. The van der Waals surface area contributed by atoms with E-state index in [-0.39, 0.29) is 5.95 Å². The van der Waals surface area contributed by atoms with Crippen LogP contribution in [0.15, 0.2) is 48.5 Å². The highest BCUT2D eigenvalue weighted by atomic mass is 16.5. The van der Waals surface area contributed by atoms with Crippen LogP contribution in [0, 0.1) is 0 Å². The summed E-state index contributed by atoms with van der Waals surface area (Å²) in [6, 6.07) is 15.8. The average Bonchev–Trinajstić information content (AvgIpc) is 3.03. The molecular weight excluding hydrogens is 330 g/mol. The van der Waals surface area contributed by atoms with Gasteiger partial charge in [-0.3, -0.25) is 0 Å². The molecule has 1 aromatic heterocycles. The first-order valence-corrected chi connectivity index (χ1v) is 8.26. The highest BCUT2D eigenvalue weighted by Crippen LogP contribution is 2.19. The van der Waals surface area contributed by atoms with Crippen LogP contribution in [0.1, 0.15) is 11.1 Å². The molecule has 3 aromatic rings. The Morgan fingerprint density at radius 2 is 1.46 bits per heavy atom. The van der Waals surface area contributed by atoms with Gasteiger partial charge in [-0.1, -0.05) is 24.3 Å². The van der Waals surface area contributed by atoms with Crippen molar-refractivity contribution in [2.75, 3.05) is 31.9 Å². The van der Waals surface area contributed by atoms with Crippen LogP contribution < -0.4 is 20.1 Å². The van der Waals surface area contributed by atoms with Crippen LogP contribution in [0.25, 0.3) is 0 Å². The topological polar surface area (TPSA) is 78.4 Å². The minimum absolute atomic E-state index is 0.259. The number of rotatable bonds is 7. The predicted molar refractivity (Wildman–Crippen MR) is 102 cm³/mol. The number of anilines is 2.